The Labute approximate surface area is 205 Å². The van der Waals surface area contributed by atoms with Gasteiger partial charge in [0, 0.05) is 30.8 Å². The second-order valence-electron chi connectivity index (χ2n) is 9.56. The number of aryl methyl sites for hydroxylation is 2. The number of benzene rings is 2. The van der Waals surface area contributed by atoms with E-state index < -0.39 is 0 Å². The molecule has 0 spiro atoms. The van der Waals surface area contributed by atoms with Crippen molar-refractivity contribution in [1.29, 1.82) is 0 Å². The van der Waals surface area contributed by atoms with Crippen LogP contribution in [0.2, 0.25) is 0 Å². The second kappa shape index (κ2) is 10.9. The lowest BCUT2D eigenvalue weighted by atomic mass is 9.99. The number of H-pyrrole nitrogens is 1. The van der Waals surface area contributed by atoms with E-state index in [-0.39, 0.29) is 24.1 Å². The molecule has 8 nitrogen and oxygen atoms in total. The standard InChI is InChI=1S/C27H34N6O2/c1-18(2)25(26-29-30-31-33(26)16-21-9-6-5-7-10-21)32(11-8-12-34)17-23-15-22-13-19(3)20(4)14-24(22)28-27(23)35/h5-7,9-10,13-15,18,25,34H,8,11-12,16-17H2,1-4H3,(H,28,35). The number of hydrogen-bond donors (Lipinski definition) is 2. The topological polar surface area (TPSA) is 99.9 Å². The molecule has 1 unspecified atom stereocenters. The van der Waals surface area contributed by atoms with E-state index in [0.29, 0.717) is 31.6 Å². The molecule has 2 aromatic heterocycles. The van der Waals surface area contributed by atoms with Crippen LogP contribution in [0.5, 0.6) is 0 Å². The molecule has 0 bridgehead atoms. The summed E-state index contributed by atoms with van der Waals surface area (Å²) in [7, 11) is 0. The highest BCUT2D eigenvalue weighted by Gasteiger charge is 2.29. The van der Waals surface area contributed by atoms with E-state index in [2.05, 4.69) is 64.4 Å². The normalized spacial score (nSPS) is 12.7. The number of aliphatic hydroxyl groups excluding tert-OH is 1. The van der Waals surface area contributed by atoms with Crippen molar-refractivity contribution in [1.82, 2.24) is 30.1 Å². The number of fused-ring (bicyclic) bond motifs is 1. The van der Waals surface area contributed by atoms with Crippen LogP contribution in [0, 0.1) is 19.8 Å². The molecular weight excluding hydrogens is 440 g/mol. The van der Waals surface area contributed by atoms with Crippen LogP contribution < -0.4 is 5.56 Å². The van der Waals surface area contributed by atoms with Gasteiger partial charge in [0.2, 0.25) is 0 Å². The predicted molar refractivity (Wildman–Crippen MR) is 137 cm³/mol. The van der Waals surface area contributed by atoms with E-state index in [1.54, 1.807) is 0 Å². The first-order valence-electron chi connectivity index (χ1n) is 12.2. The van der Waals surface area contributed by atoms with Crippen LogP contribution in [0.3, 0.4) is 0 Å². The predicted octanol–water partition coefficient (Wildman–Crippen LogP) is 3.76. The summed E-state index contributed by atoms with van der Waals surface area (Å²) in [6.07, 6.45) is 0.591. The van der Waals surface area contributed by atoms with Crippen molar-refractivity contribution in [2.45, 2.75) is 53.2 Å². The van der Waals surface area contributed by atoms with Crippen molar-refractivity contribution in [3.8, 4) is 0 Å². The zero-order valence-corrected chi connectivity index (χ0v) is 20.9. The Morgan fingerprint density at radius 2 is 1.83 bits per heavy atom. The van der Waals surface area contributed by atoms with Crippen molar-refractivity contribution in [3.63, 3.8) is 0 Å². The molecule has 0 aliphatic heterocycles. The summed E-state index contributed by atoms with van der Waals surface area (Å²) < 4.78 is 1.84. The number of nitrogens with zero attached hydrogens (tertiary/aromatic N) is 5. The zero-order valence-electron chi connectivity index (χ0n) is 20.9. The van der Waals surface area contributed by atoms with Crippen molar-refractivity contribution in [2.75, 3.05) is 13.2 Å². The maximum absolute atomic E-state index is 13.0. The van der Waals surface area contributed by atoms with Crippen molar-refractivity contribution >= 4 is 10.9 Å². The molecule has 2 N–H and O–H groups in total. The smallest absolute Gasteiger partial charge is 0.252 e. The molecule has 0 amide bonds. The van der Waals surface area contributed by atoms with Gasteiger partial charge in [-0.2, -0.15) is 0 Å². The Kier molecular flexibility index (Phi) is 7.73. The number of aromatic nitrogens is 5. The molecule has 184 valence electrons. The van der Waals surface area contributed by atoms with Gasteiger partial charge in [0.15, 0.2) is 5.82 Å². The fraction of sp³-hybridized carbons (Fsp3) is 0.407. The number of aromatic amines is 1. The van der Waals surface area contributed by atoms with Gasteiger partial charge in [-0.05, 0) is 76.9 Å². The molecule has 0 aliphatic rings. The van der Waals surface area contributed by atoms with Gasteiger partial charge in [-0.15, -0.1) is 5.10 Å². The molecule has 35 heavy (non-hydrogen) atoms. The van der Waals surface area contributed by atoms with Gasteiger partial charge < -0.3 is 10.1 Å². The summed E-state index contributed by atoms with van der Waals surface area (Å²) in [4.78, 5) is 18.3. The third-order valence-electron chi connectivity index (χ3n) is 6.54. The van der Waals surface area contributed by atoms with Crippen LogP contribution in [-0.4, -0.2) is 48.3 Å². The van der Waals surface area contributed by atoms with E-state index in [4.69, 9.17) is 0 Å². The van der Waals surface area contributed by atoms with Crippen LogP contribution in [0.15, 0.2) is 53.3 Å². The summed E-state index contributed by atoms with van der Waals surface area (Å²) in [5.74, 6) is 0.934. The Morgan fingerprint density at radius 3 is 2.54 bits per heavy atom. The fourth-order valence-electron chi connectivity index (χ4n) is 4.62. The summed E-state index contributed by atoms with van der Waals surface area (Å²) in [5.41, 5.74) is 4.88. The van der Waals surface area contributed by atoms with Crippen molar-refractivity contribution in [2.24, 2.45) is 5.92 Å². The van der Waals surface area contributed by atoms with Crippen LogP contribution in [0.25, 0.3) is 10.9 Å². The molecule has 8 heteroatoms. The van der Waals surface area contributed by atoms with E-state index in [1.807, 2.05) is 41.9 Å². The average molecular weight is 475 g/mol. The van der Waals surface area contributed by atoms with E-state index in [9.17, 15) is 9.90 Å². The zero-order chi connectivity index (χ0) is 24.9. The van der Waals surface area contributed by atoms with E-state index >= 15 is 0 Å². The van der Waals surface area contributed by atoms with Gasteiger partial charge in [0.05, 0.1) is 12.6 Å². The minimum Gasteiger partial charge on any atom is -0.396 e. The molecule has 0 saturated carbocycles. The quantitative estimate of drug-likeness (QED) is 0.363. The Bertz CT molecular complexity index is 1330. The summed E-state index contributed by atoms with van der Waals surface area (Å²) >= 11 is 0. The van der Waals surface area contributed by atoms with Crippen LogP contribution in [-0.2, 0) is 13.1 Å². The van der Waals surface area contributed by atoms with Crippen LogP contribution >= 0.6 is 0 Å². The number of tetrazole rings is 1. The molecule has 0 aliphatic carbocycles. The molecule has 0 radical (unpaired) electrons. The molecule has 1 atom stereocenters. The first kappa shape index (κ1) is 24.8. The Balaban J connectivity index is 1.70. The van der Waals surface area contributed by atoms with Gasteiger partial charge >= 0.3 is 0 Å². The molecule has 4 rings (SSSR count). The summed E-state index contributed by atoms with van der Waals surface area (Å²) in [6, 6.07) is 16.1. The van der Waals surface area contributed by atoms with Gasteiger partial charge in [-0.3, -0.25) is 9.69 Å². The lowest BCUT2D eigenvalue weighted by Gasteiger charge is -2.33. The average Bonchev–Trinajstić information content (AvgIpc) is 3.27. The number of rotatable bonds is 10. The first-order chi connectivity index (χ1) is 16.9. The van der Waals surface area contributed by atoms with Gasteiger partial charge in [-0.1, -0.05) is 44.2 Å². The lowest BCUT2D eigenvalue weighted by Crippen LogP contribution is -2.36. The highest BCUT2D eigenvalue weighted by molar-refractivity contribution is 5.80. The van der Waals surface area contributed by atoms with Crippen molar-refractivity contribution in [3.05, 3.63) is 87.0 Å². The molecule has 2 heterocycles. The molecule has 2 aromatic carbocycles. The maximum atomic E-state index is 13.0. The minimum atomic E-state index is -0.130. The second-order valence-corrected chi connectivity index (χ2v) is 9.56. The van der Waals surface area contributed by atoms with Gasteiger partial charge in [0.25, 0.3) is 5.56 Å². The van der Waals surface area contributed by atoms with Crippen molar-refractivity contribution < 1.29 is 5.11 Å². The SMILES string of the molecule is Cc1cc2cc(CN(CCCO)C(c3nnnn3Cc3ccccc3)C(C)C)c(=O)[nH]c2cc1C. The van der Waals surface area contributed by atoms with Crippen LogP contribution in [0.1, 0.15) is 54.4 Å². The lowest BCUT2D eigenvalue weighted by molar-refractivity contribution is 0.122. The number of pyridine rings is 1. The third kappa shape index (κ3) is 5.66. The highest BCUT2D eigenvalue weighted by atomic mass is 16.3. The minimum absolute atomic E-state index is 0.0722. The van der Waals surface area contributed by atoms with E-state index in [1.165, 1.54) is 5.56 Å². The number of nitrogens with one attached hydrogen (secondary N) is 1. The first-order valence-corrected chi connectivity index (χ1v) is 12.2. The molecule has 0 fully saturated rings. The largest absolute Gasteiger partial charge is 0.396 e. The monoisotopic (exact) mass is 474 g/mol. The van der Waals surface area contributed by atoms with Gasteiger partial charge in [-0.25, -0.2) is 4.68 Å². The van der Waals surface area contributed by atoms with E-state index in [0.717, 1.165) is 27.9 Å². The summed E-state index contributed by atoms with van der Waals surface area (Å²) in [6.45, 7) is 10.1. The molecule has 0 saturated heterocycles. The van der Waals surface area contributed by atoms with Gasteiger partial charge in [0.1, 0.15) is 0 Å². The summed E-state index contributed by atoms with van der Waals surface area (Å²) in [5, 5.41) is 23.3. The Morgan fingerprint density at radius 1 is 1.09 bits per heavy atom. The number of hydrogen-bond acceptors (Lipinski definition) is 6. The fourth-order valence-corrected chi connectivity index (χ4v) is 4.62. The molecule has 4 aromatic rings. The highest BCUT2D eigenvalue weighted by Crippen LogP contribution is 2.29. The molecular formula is C27H34N6O2. The Hall–Kier alpha value is -3.36. The van der Waals surface area contributed by atoms with Crippen LogP contribution in [0.4, 0.5) is 0 Å². The third-order valence-corrected chi connectivity index (χ3v) is 6.54. The maximum Gasteiger partial charge on any atom is 0.252 e. The number of aliphatic hydroxyl groups is 1.